The number of halogens is 1. The third-order valence-electron chi connectivity index (χ3n) is 1.84. The Morgan fingerprint density at radius 2 is 2.29 bits per heavy atom. The van der Waals surface area contributed by atoms with E-state index in [0.29, 0.717) is 12.8 Å². The van der Waals surface area contributed by atoms with Gasteiger partial charge in [0.25, 0.3) is 0 Å². The number of benzene rings is 1. The molecule has 0 bridgehead atoms. The zero-order valence-corrected chi connectivity index (χ0v) is 9.75. The van der Waals surface area contributed by atoms with Crippen LogP contribution in [0.25, 0.3) is 0 Å². The van der Waals surface area contributed by atoms with E-state index in [0.717, 1.165) is 10.0 Å². The van der Waals surface area contributed by atoms with Gasteiger partial charge in [0.2, 0.25) is 0 Å². The average molecular weight is 256 g/mol. The lowest BCUT2D eigenvalue weighted by atomic mass is 10.0. The van der Waals surface area contributed by atoms with Crippen LogP contribution in [0.2, 0.25) is 0 Å². The fraction of sp³-hybridized carbons (Fsp3) is 0.364. The molecule has 1 unspecified atom stereocenters. The molecule has 0 aliphatic heterocycles. The van der Waals surface area contributed by atoms with Gasteiger partial charge in [-0.3, -0.25) is 4.79 Å². The van der Waals surface area contributed by atoms with Crippen LogP contribution >= 0.6 is 15.9 Å². The Labute approximate surface area is 92.6 Å². The molecule has 1 rings (SSSR count). The van der Waals surface area contributed by atoms with Gasteiger partial charge < -0.3 is 5.73 Å². The molecule has 1 aromatic rings. The van der Waals surface area contributed by atoms with Crippen molar-refractivity contribution in [1.29, 1.82) is 0 Å². The molecule has 14 heavy (non-hydrogen) atoms. The van der Waals surface area contributed by atoms with Crippen LogP contribution in [-0.2, 0) is 11.2 Å². The highest BCUT2D eigenvalue weighted by atomic mass is 79.9. The highest BCUT2D eigenvalue weighted by Gasteiger charge is 2.06. The maximum absolute atomic E-state index is 11.4. The summed E-state index contributed by atoms with van der Waals surface area (Å²) in [5.74, 6) is 0.193. The summed E-state index contributed by atoms with van der Waals surface area (Å²) in [4.78, 5) is 11.4. The first kappa shape index (κ1) is 11.4. The van der Waals surface area contributed by atoms with E-state index < -0.39 is 0 Å². The van der Waals surface area contributed by atoms with E-state index in [-0.39, 0.29) is 11.8 Å². The van der Waals surface area contributed by atoms with Crippen LogP contribution in [-0.4, -0.2) is 11.8 Å². The normalized spacial score (nSPS) is 12.5. The molecular weight excluding hydrogens is 242 g/mol. The van der Waals surface area contributed by atoms with Gasteiger partial charge in [-0.05, 0) is 24.6 Å². The van der Waals surface area contributed by atoms with Gasteiger partial charge in [0.1, 0.15) is 5.78 Å². The van der Waals surface area contributed by atoms with Gasteiger partial charge in [0.05, 0.1) is 0 Å². The van der Waals surface area contributed by atoms with Crippen molar-refractivity contribution in [3.05, 3.63) is 34.3 Å². The number of hydrogen-bond acceptors (Lipinski definition) is 2. The second-order valence-corrected chi connectivity index (χ2v) is 4.44. The van der Waals surface area contributed by atoms with Crippen LogP contribution in [0.1, 0.15) is 18.9 Å². The summed E-state index contributed by atoms with van der Waals surface area (Å²) < 4.78 is 1.00. The first-order valence-corrected chi connectivity index (χ1v) is 5.39. The van der Waals surface area contributed by atoms with Gasteiger partial charge >= 0.3 is 0 Å². The summed E-state index contributed by atoms with van der Waals surface area (Å²) >= 11 is 3.37. The lowest BCUT2D eigenvalue weighted by Crippen LogP contribution is -2.20. The molecule has 0 aliphatic carbocycles. The molecule has 0 amide bonds. The number of hydrogen-bond donors (Lipinski definition) is 1. The van der Waals surface area contributed by atoms with Crippen LogP contribution in [0.4, 0.5) is 0 Å². The number of Topliss-reactive ketones (excluding diaryl/α,β-unsaturated/α-hetero) is 1. The van der Waals surface area contributed by atoms with Crippen molar-refractivity contribution in [2.45, 2.75) is 25.8 Å². The Kier molecular flexibility index (Phi) is 4.29. The monoisotopic (exact) mass is 255 g/mol. The molecule has 1 aromatic carbocycles. The van der Waals surface area contributed by atoms with Gasteiger partial charge in [-0.1, -0.05) is 28.1 Å². The molecule has 76 valence electrons. The SMILES string of the molecule is CC(N)CC(=O)Cc1cccc(Br)c1. The van der Waals surface area contributed by atoms with Gasteiger partial charge in [-0.15, -0.1) is 0 Å². The molecule has 0 fully saturated rings. The minimum atomic E-state index is -0.0466. The summed E-state index contributed by atoms with van der Waals surface area (Å²) in [6, 6.07) is 7.73. The number of ketones is 1. The van der Waals surface area contributed by atoms with Crippen LogP contribution in [0.15, 0.2) is 28.7 Å². The van der Waals surface area contributed by atoms with E-state index in [1.807, 2.05) is 31.2 Å². The molecule has 0 heterocycles. The summed E-state index contributed by atoms with van der Waals surface area (Å²) in [5.41, 5.74) is 6.58. The Balaban J connectivity index is 2.56. The number of carbonyl (C=O) groups is 1. The molecule has 3 heteroatoms. The molecule has 0 radical (unpaired) electrons. The minimum Gasteiger partial charge on any atom is -0.328 e. The van der Waals surface area contributed by atoms with Gasteiger partial charge in [-0.2, -0.15) is 0 Å². The van der Waals surface area contributed by atoms with Crippen molar-refractivity contribution in [2.75, 3.05) is 0 Å². The molecule has 2 nitrogen and oxygen atoms in total. The van der Waals surface area contributed by atoms with Crippen LogP contribution in [0, 0.1) is 0 Å². The summed E-state index contributed by atoms with van der Waals surface area (Å²) in [6.45, 7) is 1.85. The molecule has 0 aromatic heterocycles. The zero-order chi connectivity index (χ0) is 10.6. The first-order chi connectivity index (χ1) is 6.58. The standard InChI is InChI=1S/C11H14BrNO/c1-8(13)5-11(14)7-9-3-2-4-10(12)6-9/h2-4,6,8H,5,7,13H2,1H3. The fourth-order valence-corrected chi connectivity index (χ4v) is 1.75. The van der Waals surface area contributed by atoms with Crippen molar-refractivity contribution in [1.82, 2.24) is 0 Å². The van der Waals surface area contributed by atoms with E-state index in [4.69, 9.17) is 5.73 Å². The highest BCUT2D eigenvalue weighted by molar-refractivity contribution is 9.10. The topological polar surface area (TPSA) is 43.1 Å². The zero-order valence-electron chi connectivity index (χ0n) is 8.16. The second-order valence-electron chi connectivity index (χ2n) is 3.53. The molecule has 0 saturated carbocycles. The fourth-order valence-electron chi connectivity index (χ4n) is 1.31. The summed E-state index contributed by atoms with van der Waals surface area (Å²) in [7, 11) is 0. The summed E-state index contributed by atoms with van der Waals surface area (Å²) in [5, 5.41) is 0. The number of carbonyl (C=O) groups excluding carboxylic acids is 1. The predicted molar refractivity (Wildman–Crippen MR) is 61.1 cm³/mol. The first-order valence-electron chi connectivity index (χ1n) is 4.59. The number of rotatable bonds is 4. The van der Waals surface area contributed by atoms with Crippen LogP contribution < -0.4 is 5.73 Å². The van der Waals surface area contributed by atoms with E-state index in [2.05, 4.69) is 15.9 Å². The smallest absolute Gasteiger partial charge is 0.138 e. The maximum atomic E-state index is 11.4. The van der Waals surface area contributed by atoms with Crippen molar-refractivity contribution in [2.24, 2.45) is 5.73 Å². The average Bonchev–Trinajstić information content (AvgIpc) is 2.01. The van der Waals surface area contributed by atoms with Crippen molar-refractivity contribution in [3.63, 3.8) is 0 Å². The lowest BCUT2D eigenvalue weighted by Gasteiger charge is -2.04. The molecule has 2 N–H and O–H groups in total. The maximum Gasteiger partial charge on any atom is 0.138 e. The Bertz CT molecular complexity index is 323. The Morgan fingerprint density at radius 1 is 1.57 bits per heavy atom. The van der Waals surface area contributed by atoms with E-state index in [9.17, 15) is 4.79 Å². The highest BCUT2D eigenvalue weighted by Crippen LogP contribution is 2.12. The Morgan fingerprint density at radius 3 is 2.86 bits per heavy atom. The third-order valence-corrected chi connectivity index (χ3v) is 2.33. The molecule has 1 atom stereocenters. The molecule has 0 saturated heterocycles. The predicted octanol–water partition coefficient (Wildman–Crippen LogP) is 2.30. The van der Waals surface area contributed by atoms with Crippen LogP contribution in [0.3, 0.4) is 0 Å². The second kappa shape index (κ2) is 5.27. The largest absolute Gasteiger partial charge is 0.328 e. The van der Waals surface area contributed by atoms with Crippen molar-refractivity contribution >= 4 is 21.7 Å². The summed E-state index contributed by atoms with van der Waals surface area (Å²) in [6.07, 6.45) is 0.924. The van der Waals surface area contributed by atoms with E-state index >= 15 is 0 Å². The minimum absolute atomic E-state index is 0.0466. The lowest BCUT2D eigenvalue weighted by molar-refractivity contribution is -0.118. The molecule has 0 spiro atoms. The third kappa shape index (κ3) is 4.03. The van der Waals surface area contributed by atoms with E-state index in [1.54, 1.807) is 0 Å². The van der Waals surface area contributed by atoms with Crippen LogP contribution in [0.5, 0.6) is 0 Å². The quantitative estimate of drug-likeness (QED) is 0.898. The van der Waals surface area contributed by atoms with Gasteiger partial charge in [0.15, 0.2) is 0 Å². The van der Waals surface area contributed by atoms with Crippen molar-refractivity contribution < 1.29 is 4.79 Å². The van der Waals surface area contributed by atoms with Gasteiger partial charge in [-0.25, -0.2) is 0 Å². The molecule has 0 aliphatic rings. The van der Waals surface area contributed by atoms with Gasteiger partial charge in [0, 0.05) is 23.4 Å². The molecular formula is C11H14BrNO. The number of nitrogens with two attached hydrogens (primary N) is 1. The Hall–Kier alpha value is -0.670. The van der Waals surface area contributed by atoms with E-state index in [1.165, 1.54) is 0 Å². The van der Waals surface area contributed by atoms with Crippen molar-refractivity contribution in [3.8, 4) is 0 Å².